The molecule has 0 radical (unpaired) electrons. The van der Waals surface area contributed by atoms with Crippen LogP contribution in [0.15, 0.2) is 53.5 Å². The van der Waals surface area contributed by atoms with Gasteiger partial charge in [0.15, 0.2) is 15.6 Å². The topological polar surface area (TPSA) is 63.6 Å². The van der Waals surface area contributed by atoms with Crippen molar-refractivity contribution in [1.82, 2.24) is 0 Å². The third kappa shape index (κ3) is 4.67. The molecule has 1 unspecified atom stereocenters. The maximum atomic E-state index is 12.4. The summed E-state index contributed by atoms with van der Waals surface area (Å²) in [5.41, 5.74) is 4.66. The molecule has 1 aliphatic rings. The van der Waals surface area contributed by atoms with Gasteiger partial charge in [0.2, 0.25) is 0 Å². The molecule has 26 heavy (non-hydrogen) atoms. The quantitative estimate of drug-likeness (QED) is 0.732. The molecule has 3 rings (SSSR count). The first kappa shape index (κ1) is 18.5. The van der Waals surface area contributed by atoms with Crippen LogP contribution in [0, 0.1) is 13.8 Å². The number of hydrogen-bond donors (Lipinski definition) is 0. The summed E-state index contributed by atoms with van der Waals surface area (Å²) < 4.78 is 24.9. The number of aliphatic imine (C=N–C) groups is 1. The fourth-order valence-electron chi connectivity index (χ4n) is 3.11. The first-order valence-electron chi connectivity index (χ1n) is 8.76. The predicted octanol–water partition coefficient (Wildman–Crippen LogP) is 3.55. The summed E-state index contributed by atoms with van der Waals surface area (Å²) in [4.78, 5) is 16.8. The van der Waals surface area contributed by atoms with Gasteiger partial charge in [0.25, 0.3) is 0 Å². The SMILES string of the molecule is Cc1ccc(C(=O)CS(=O)(=O)CC2CCC(c3ccc(C)cc3)=N2)cc1. The van der Waals surface area contributed by atoms with Crippen LogP contribution in [0.4, 0.5) is 0 Å². The van der Waals surface area contributed by atoms with E-state index < -0.39 is 15.6 Å². The molecule has 1 heterocycles. The van der Waals surface area contributed by atoms with Crippen molar-refractivity contribution < 1.29 is 13.2 Å². The van der Waals surface area contributed by atoms with E-state index in [2.05, 4.69) is 4.99 Å². The molecule has 1 atom stereocenters. The van der Waals surface area contributed by atoms with E-state index in [1.165, 1.54) is 5.56 Å². The van der Waals surface area contributed by atoms with E-state index in [1.54, 1.807) is 12.1 Å². The van der Waals surface area contributed by atoms with Gasteiger partial charge in [0.1, 0.15) is 5.75 Å². The lowest BCUT2D eigenvalue weighted by molar-refractivity contribution is 0.102. The molecule has 0 saturated heterocycles. The number of aryl methyl sites for hydroxylation is 2. The highest BCUT2D eigenvalue weighted by molar-refractivity contribution is 7.92. The summed E-state index contributed by atoms with van der Waals surface area (Å²) in [6.45, 7) is 3.95. The van der Waals surface area contributed by atoms with E-state index in [0.29, 0.717) is 12.0 Å². The normalized spacial score (nSPS) is 17.2. The van der Waals surface area contributed by atoms with E-state index in [0.717, 1.165) is 23.3 Å². The van der Waals surface area contributed by atoms with Crippen molar-refractivity contribution in [1.29, 1.82) is 0 Å². The zero-order valence-electron chi connectivity index (χ0n) is 15.1. The number of carbonyl (C=O) groups excluding carboxylic acids is 1. The van der Waals surface area contributed by atoms with Gasteiger partial charge >= 0.3 is 0 Å². The number of carbonyl (C=O) groups is 1. The van der Waals surface area contributed by atoms with Crippen molar-refractivity contribution in [2.45, 2.75) is 32.7 Å². The van der Waals surface area contributed by atoms with E-state index in [1.807, 2.05) is 50.2 Å². The molecule has 0 fully saturated rings. The van der Waals surface area contributed by atoms with Gasteiger partial charge in [-0.05, 0) is 32.3 Å². The maximum absolute atomic E-state index is 12.4. The molecule has 0 aliphatic carbocycles. The van der Waals surface area contributed by atoms with E-state index in [9.17, 15) is 13.2 Å². The van der Waals surface area contributed by atoms with Crippen LogP contribution in [0.3, 0.4) is 0 Å². The standard InChI is InChI=1S/C21H23NO3S/c1-15-3-7-17(8-4-15)20-12-11-19(22-20)13-26(24,25)14-21(23)18-9-5-16(2)6-10-18/h3-10,19H,11-14H2,1-2H3. The summed E-state index contributed by atoms with van der Waals surface area (Å²) in [6, 6.07) is 14.8. The fraction of sp³-hybridized carbons (Fsp3) is 0.333. The number of nitrogens with zero attached hydrogens (tertiary/aromatic N) is 1. The Labute approximate surface area is 154 Å². The van der Waals surface area contributed by atoms with Gasteiger partial charge in [-0.1, -0.05) is 59.7 Å². The number of rotatable bonds is 6. The van der Waals surface area contributed by atoms with Crippen LogP contribution in [-0.4, -0.2) is 37.5 Å². The fourth-order valence-corrected chi connectivity index (χ4v) is 4.62. The van der Waals surface area contributed by atoms with Crippen molar-refractivity contribution in [3.05, 3.63) is 70.8 Å². The van der Waals surface area contributed by atoms with Gasteiger partial charge in [-0.2, -0.15) is 0 Å². The average Bonchev–Trinajstić information content (AvgIpc) is 3.03. The number of ketones is 1. The third-order valence-electron chi connectivity index (χ3n) is 4.61. The molecule has 0 aromatic heterocycles. The van der Waals surface area contributed by atoms with Crippen LogP contribution in [0.5, 0.6) is 0 Å². The second kappa shape index (κ2) is 7.54. The Morgan fingerprint density at radius 1 is 1.00 bits per heavy atom. The van der Waals surface area contributed by atoms with Crippen LogP contribution >= 0.6 is 0 Å². The number of benzene rings is 2. The molecule has 0 saturated carbocycles. The zero-order chi connectivity index (χ0) is 18.7. The van der Waals surface area contributed by atoms with Crippen LogP contribution in [0.1, 0.15) is 39.9 Å². The molecule has 5 heteroatoms. The van der Waals surface area contributed by atoms with Crippen molar-refractivity contribution in [2.24, 2.45) is 4.99 Å². The van der Waals surface area contributed by atoms with E-state index >= 15 is 0 Å². The van der Waals surface area contributed by atoms with Crippen molar-refractivity contribution >= 4 is 21.3 Å². The summed E-state index contributed by atoms with van der Waals surface area (Å²) in [5, 5.41) is 0. The second-order valence-corrected chi connectivity index (χ2v) is 9.09. The Kier molecular flexibility index (Phi) is 5.37. The summed E-state index contributed by atoms with van der Waals surface area (Å²) in [7, 11) is -3.49. The molecule has 136 valence electrons. The highest BCUT2D eigenvalue weighted by Gasteiger charge is 2.26. The molecular formula is C21H23NO3S. The minimum Gasteiger partial charge on any atom is -0.293 e. The Bertz CT molecular complexity index is 926. The van der Waals surface area contributed by atoms with Gasteiger partial charge in [0.05, 0.1) is 11.8 Å². The Morgan fingerprint density at radius 2 is 1.58 bits per heavy atom. The van der Waals surface area contributed by atoms with Gasteiger partial charge in [-0.25, -0.2) is 8.42 Å². The molecule has 0 N–H and O–H groups in total. The highest BCUT2D eigenvalue weighted by atomic mass is 32.2. The summed E-state index contributed by atoms with van der Waals surface area (Å²) in [6.07, 6.45) is 1.48. The van der Waals surface area contributed by atoms with Gasteiger partial charge in [-0.3, -0.25) is 9.79 Å². The third-order valence-corrected chi connectivity index (χ3v) is 6.20. The average molecular weight is 369 g/mol. The number of Topliss-reactive ketones (excluding diaryl/α,β-unsaturated/α-hetero) is 1. The zero-order valence-corrected chi connectivity index (χ0v) is 15.9. The molecule has 0 bridgehead atoms. The molecule has 1 aliphatic heterocycles. The summed E-state index contributed by atoms with van der Waals surface area (Å²) in [5.74, 6) is -0.882. The molecule has 0 spiro atoms. The lowest BCUT2D eigenvalue weighted by Crippen LogP contribution is -2.24. The minimum absolute atomic E-state index is 0.0695. The predicted molar refractivity (Wildman–Crippen MR) is 105 cm³/mol. The van der Waals surface area contributed by atoms with Crippen molar-refractivity contribution in [3.63, 3.8) is 0 Å². The van der Waals surface area contributed by atoms with Crippen LogP contribution in [0.25, 0.3) is 0 Å². The van der Waals surface area contributed by atoms with Crippen molar-refractivity contribution in [2.75, 3.05) is 11.5 Å². The first-order chi connectivity index (χ1) is 12.3. The Hall–Kier alpha value is -2.27. The summed E-state index contributed by atoms with van der Waals surface area (Å²) >= 11 is 0. The molecule has 4 nitrogen and oxygen atoms in total. The van der Waals surface area contributed by atoms with Gasteiger partial charge < -0.3 is 0 Å². The highest BCUT2D eigenvalue weighted by Crippen LogP contribution is 2.21. The second-order valence-electron chi connectivity index (χ2n) is 6.98. The Morgan fingerprint density at radius 3 is 2.19 bits per heavy atom. The van der Waals surface area contributed by atoms with Crippen molar-refractivity contribution in [3.8, 4) is 0 Å². The van der Waals surface area contributed by atoms with Crippen LogP contribution < -0.4 is 0 Å². The van der Waals surface area contributed by atoms with Crippen LogP contribution in [-0.2, 0) is 9.84 Å². The number of sulfone groups is 1. The van der Waals surface area contributed by atoms with E-state index in [4.69, 9.17) is 0 Å². The lowest BCUT2D eigenvalue weighted by Gasteiger charge is -2.08. The molecular weight excluding hydrogens is 346 g/mol. The van der Waals surface area contributed by atoms with E-state index in [-0.39, 0.29) is 17.6 Å². The molecule has 0 amide bonds. The minimum atomic E-state index is -3.49. The molecule has 2 aromatic rings. The smallest absolute Gasteiger partial charge is 0.177 e. The monoisotopic (exact) mass is 369 g/mol. The lowest BCUT2D eigenvalue weighted by atomic mass is 10.1. The first-order valence-corrected chi connectivity index (χ1v) is 10.6. The maximum Gasteiger partial charge on any atom is 0.177 e. The Balaban J connectivity index is 1.65. The molecule has 2 aromatic carbocycles. The van der Waals surface area contributed by atoms with Gasteiger partial charge in [-0.15, -0.1) is 0 Å². The van der Waals surface area contributed by atoms with Crippen LogP contribution in [0.2, 0.25) is 0 Å². The van der Waals surface area contributed by atoms with Gasteiger partial charge in [0, 0.05) is 11.3 Å². The number of hydrogen-bond acceptors (Lipinski definition) is 4. The largest absolute Gasteiger partial charge is 0.293 e.